The lowest BCUT2D eigenvalue weighted by molar-refractivity contribution is -0.192. The van der Waals surface area contributed by atoms with Crippen LogP contribution in [0.2, 0.25) is 0 Å². The van der Waals surface area contributed by atoms with E-state index in [-0.39, 0.29) is 27.8 Å². The molecule has 0 saturated heterocycles. The summed E-state index contributed by atoms with van der Waals surface area (Å²) in [6.07, 6.45) is 7.38. The molecule has 0 aromatic rings. The Hall–Kier alpha value is -1.17. The van der Waals surface area contributed by atoms with Gasteiger partial charge in [0.05, 0.1) is 12.2 Å². The molecule has 35 heavy (non-hydrogen) atoms. The number of carboxylic acid groups (broad SMARTS) is 1. The predicted molar refractivity (Wildman–Crippen MR) is 135 cm³/mol. The van der Waals surface area contributed by atoms with Gasteiger partial charge in [0.15, 0.2) is 0 Å². The summed E-state index contributed by atoms with van der Waals surface area (Å²) in [7, 11) is 0. The maximum Gasteiger partial charge on any atom is 0.316 e. The highest BCUT2D eigenvalue weighted by Gasteiger charge is 2.69. The number of aliphatic hydroxyl groups excluding tert-OH is 3. The van der Waals surface area contributed by atoms with Gasteiger partial charge in [0.2, 0.25) is 0 Å². The van der Waals surface area contributed by atoms with Gasteiger partial charge < -0.3 is 20.4 Å². The SMILES string of the molecule is CC1(C)CC2=C3C=C[C@@H]4[C@@]5(C)CC[C@@H](O)C(C)(C)C5CC[C@@]4(C)[C@]3(C)CC[C@@]2(C(=O)O)[C@@H](O)[C@@H]1O. The zero-order chi connectivity index (χ0) is 26.0. The van der Waals surface area contributed by atoms with Crippen molar-refractivity contribution in [3.05, 3.63) is 23.3 Å². The second-order valence-corrected chi connectivity index (χ2v) is 14.8. The van der Waals surface area contributed by atoms with E-state index in [1.54, 1.807) is 0 Å². The Labute approximate surface area is 210 Å². The summed E-state index contributed by atoms with van der Waals surface area (Å²) in [5, 5.41) is 43.5. The molecule has 1 unspecified atom stereocenters. The standard InChI is InChI=1S/C30H46O5/c1-25(2)16-18-17-8-9-20-27(5)12-11-21(31)26(3,4)19(27)10-13-29(20,7)28(17,6)14-15-30(18,24(34)35)23(33)22(25)32/h8-9,19-23,31-33H,10-16H2,1-7H3,(H,34,35)/t19?,20-,21-,22+,23+,27+,28-,29-,30+/m1/s1. The molecule has 3 fully saturated rings. The number of allylic oxidation sites excluding steroid dienone is 3. The van der Waals surface area contributed by atoms with Crippen LogP contribution in [0.5, 0.6) is 0 Å². The first kappa shape index (κ1) is 25.5. The summed E-state index contributed by atoms with van der Waals surface area (Å²) in [4.78, 5) is 12.8. The number of hydrogen-bond acceptors (Lipinski definition) is 4. The summed E-state index contributed by atoms with van der Waals surface area (Å²) in [5.74, 6) is -0.227. The van der Waals surface area contributed by atoms with Crippen LogP contribution in [0, 0.1) is 44.3 Å². The van der Waals surface area contributed by atoms with Crippen LogP contribution in [0.15, 0.2) is 23.3 Å². The Balaban J connectivity index is 1.70. The highest BCUT2D eigenvalue weighted by atomic mass is 16.4. The fourth-order valence-electron chi connectivity index (χ4n) is 10.1. The predicted octanol–water partition coefficient (Wildman–Crippen LogP) is 5.10. The van der Waals surface area contributed by atoms with Gasteiger partial charge in [0, 0.05) is 0 Å². The van der Waals surface area contributed by atoms with Crippen molar-refractivity contribution in [2.75, 3.05) is 0 Å². The Morgan fingerprint density at radius 2 is 1.54 bits per heavy atom. The molecule has 5 rings (SSSR count). The fraction of sp³-hybridized carbons (Fsp3) is 0.833. The monoisotopic (exact) mass is 486 g/mol. The summed E-state index contributed by atoms with van der Waals surface area (Å²) in [6.45, 7) is 15.6. The van der Waals surface area contributed by atoms with Crippen LogP contribution < -0.4 is 0 Å². The first-order valence-corrected chi connectivity index (χ1v) is 13.7. The Kier molecular flexibility index (Phi) is 5.26. The van der Waals surface area contributed by atoms with E-state index in [0.29, 0.717) is 31.1 Å². The third-order valence-electron chi connectivity index (χ3n) is 12.7. The molecule has 5 aliphatic carbocycles. The lowest BCUT2D eigenvalue weighted by Crippen LogP contribution is -2.65. The minimum Gasteiger partial charge on any atom is -0.481 e. The highest BCUT2D eigenvalue weighted by Crippen LogP contribution is 2.74. The molecule has 0 radical (unpaired) electrons. The third kappa shape index (κ3) is 2.84. The van der Waals surface area contributed by atoms with Crippen molar-refractivity contribution in [1.29, 1.82) is 0 Å². The average Bonchev–Trinajstić information content (AvgIpc) is 2.75. The van der Waals surface area contributed by atoms with Crippen molar-refractivity contribution in [1.82, 2.24) is 0 Å². The topological polar surface area (TPSA) is 98.0 Å². The van der Waals surface area contributed by atoms with Gasteiger partial charge in [-0.2, -0.15) is 0 Å². The number of rotatable bonds is 1. The van der Waals surface area contributed by atoms with Gasteiger partial charge >= 0.3 is 5.97 Å². The molecule has 5 aliphatic rings. The van der Waals surface area contributed by atoms with Gasteiger partial charge in [-0.1, -0.05) is 60.6 Å². The van der Waals surface area contributed by atoms with Crippen molar-refractivity contribution in [2.24, 2.45) is 44.3 Å². The smallest absolute Gasteiger partial charge is 0.316 e. The molecule has 5 heteroatoms. The van der Waals surface area contributed by atoms with Gasteiger partial charge in [0.1, 0.15) is 11.5 Å². The Morgan fingerprint density at radius 1 is 0.886 bits per heavy atom. The summed E-state index contributed by atoms with van der Waals surface area (Å²) in [5.41, 5.74) is -0.372. The van der Waals surface area contributed by atoms with Gasteiger partial charge in [-0.3, -0.25) is 4.79 Å². The van der Waals surface area contributed by atoms with Crippen molar-refractivity contribution < 1.29 is 25.2 Å². The maximum atomic E-state index is 12.8. The normalized spacial score (nSPS) is 52.1. The number of aliphatic hydroxyl groups is 3. The molecular formula is C30H46O5. The van der Waals surface area contributed by atoms with Crippen LogP contribution in [-0.2, 0) is 4.79 Å². The van der Waals surface area contributed by atoms with Crippen molar-refractivity contribution >= 4 is 5.97 Å². The molecule has 0 aromatic carbocycles. The fourth-order valence-corrected chi connectivity index (χ4v) is 10.1. The third-order valence-corrected chi connectivity index (χ3v) is 12.7. The summed E-state index contributed by atoms with van der Waals surface area (Å²) < 4.78 is 0. The second kappa shape index (κ2) is 7.23. The van der Waals surface area contributed by atoms with Gasteiger partial charge in [0.25, 0.3) is 0 Å². The lowest BCUT2D eigenvalue weighted by Gasteiger charge is -2.69. The average molecular weight is 487 g/mol. The van der Waals surface area contributed by atoms with E-state index in [2.05, 4.69) is 46.8 Å². The van der Waals surface area contributed by atoms with Crippen LogP contribution >= 0.6 is 0 Å². The quantitative estimate of drug-likeness (QED) is 0.414. The van der Waals surface area contributed by atoms with Crippen molar-refractivity contribution in [3.8, 4) is 0 Å². The minimum absolute atomic E-state index is 0.0382. The minimum atomic E-state index is -1.42. The first-order valence-electron chi connectivity index (χ1n) is 13.7. The molecule has 0 spiro atoms. The molecular weight excluding hydrogens is 440 g/mol. The zero-order valence-electron chi connectivity index (χ0n) is 22.7. The summed E-state index contributed by atoms with van der Waals surface area (Å²) in [6, 6.07) is 0. The highest BCUT2D eigenvalue weighted by molar-refractivity contribution is 5.81. The van der Waals surface area contributed by atoms with Crippen molar-refractivity contribution in [3.63, 3.8) is 0 Å². The number of aliphatic carboxylic acids is 1. The first-order chi connectivity index (χ1) is 16.0. The zero-order valence-corrected chi connectivity index (χ0v) is 22.7. The van der Waals surface area contributed by atoms with E-state index in [4.69, 9.17) is 0 Å². The molecule has 196 valence electrons. The van der Waals surface area contributed by atoms with Crippen molar-refractivity contribution in [2.45, 2.75) is 112 Å². The number of carboxylic acids is 1. The molecule has 0 aromatic heterocycles. The van der Waals surface area contributed by atoms with Crippen LogP contribution in [0.1, 0.15) is 93.4 Å². The Morgan fingerprint density at radius 3 is 2.17 bits per heavy atom. The van der Waals surface area contributed by atoms with Crippen LogP contribution in [0.25, 0.3) is 0 Å². The molecule has 3 saturated carbocycles. The molecule has 5 nitrogen and oxygen atoms in total. The molecule has 0 bridgehead atoms. The molecule has 0 aliphatic heterocycles. The molecule has 0 amide bonds. The van der Waals surface area contributed by atoms with Gasteiger partial charge in [-0.15, -0.1) is 0 Å². The van der Waals surface area contributed by atoms with E-state index >= 15 is 0 Å². The number of carbonyl (C=O) groups is 1. The largest absolute Gasteiger partial charge is 0.481 e. The van der Waals surface area contributed by atoms with E-state index < -0.39 is 29.0 Å². The van der Waals surface area contributed by atoms with Crippen LogP contribution in [0.3, 0.4) is 0 Å². The van der Waals surface area contributed by atoms with E-state index in [9.17, 15) is 25.2 Å². The van der Waals surface area contributed by atoms with E-state index in [0.717, 1.165) is 36.8 Å². The Bertz CT molecular complexity index is 1010. The van der Waals surface area contributed by atoms with Crippen LogP contribution in [0.4, 0.5) is 0 Å². The summed E-state index contributed by atoms with van der Waals surface area (Å²) >= 11 is 0. The lowest BCUT2D eigenvalue weighted by atomic mass is 9.35. The van der Waals surface area contributed by atoms with Gasteiger partial charge in [-0.05, 0) is 95.0 Å². The second-order valence-electron chi connectivity index (χ2n) is 14.8. The van der Waals surface area contributed by atoms with E-state index in [1.165, 1.54) is 0 Å². The number of fused-ring (bicyclic) bond motifs is 6. The maximum absolute atomic E-state index is 12.8. The van der Waals surface area contributed by atoms with Gasteiger partial charge in [-0.25, -0.2) is 0 Å². The number of hydrogen-bond donors (Lipinski definition) is 4. The van der Waals surface area contributed by atoms with Crippen LogP contribution in [-0.4, -0.2) is 44.7 Å². The van der Waals surface area contributed by atoms with E-state index in [1.807, 2.05) is 13.8 Å². The molecule has 4 N–H and O–H groups in total. The molecule has 0 heterocycles. The molecule has 9 atom stereocenters.